The number of phenols is 1. The van der Waals surface area contributed by atoms with Crippen LogP contribution in [0, 0.1) is 0 Å². The van der Waals surface area contributed by atoms with Gasteiger partial charge in [0, 0.05) is 17.0 Å². The van der Waals surface area contributed by atoms with Crippen molar-refractivity contribution in [2.24, 2.45) is 0 Å². The van der Waals surface area contributed by atoms with E-state index >= 15 is 0 Å². The summed E-state index contributed by atoms with van der Waals surface area (Å²) in [6.07, 6.45) is 0. The zero-order chi connectivity index (χ0) is 15.8. The number of hydrogen-bond donors (Lipinski definition) is 1. The first-order valence-corrected chi connectivity index (χ1v) is 7.68. The van der Waals surface area contributed by atoms with Crippen LogP contribution in [0.2, 0.25) is 0 Å². The molecule has 0 saturated heterocycles. The number of rotatable bonds is 2. The second-order valence-corrected chi connectivity index (χ2v) is 5.93. The lowest BCUT2D eigenvalue weighted by Gasteiger charge is -1.99. The van der Waals surface area contributed by atoms with Crippen molar-refractivity contribution in [3.8, 4) is 26.9 Å². The molecule has 0 bridgehead atoms. The van der Waals surface area contributed by atoms with Crippen molar-refractivity contribution >= 4 is 22.3 Å². The molecule has 0 aliphatic carbocycles. The number of phenolic OH excluding ortho intramolecular Hbond substituents is 1. The van der Waals surface area contributed by atoms with E-state index in [9.17, 15) is 9.90 Å². The highest BCUT2D eigenvalue weighted by molar-refractivity contribution is 7.17. The zero-order valence-corrected chi connectivity index (χ0v) is 12.6. The highest BCUT2D eigenvalue weighted by atomic mass is 32.1. The maximum Gasteiger partial charge on any atom is 0.346 e. The maximum atomic E-state index is 12.2. The average Bonchev–Trinajstić information content (AvgIpc) is 3.05. The molecule has 0 amide bonds. The normalized spacial score (nSPS) is 11.0. The molecule has 2 aromatic heterocycles. The highest BCUT2D eigenvalue weighted by Gasteiger charge is 2.14. The third-order valence-corrected chi connectivity index (χ3v) is 4.40. The molecule has 6 heteroatoms. The van der Waals surface area contributed by atoms with Crippen molar-refractivity contribution in [3.05, 3.63) is 65.0 Å². The van der Waals surface area contributed by atoms with Gasteiger partial charge in [-0.2, -0.15) is 0 Å². The Kier molecular flexibility index (Phi) is 3.17. The first kappa shape index (κ1) is 13.7. The molecule has 0 fully saturated rings. The minimum Gasteiger partial charge on any atom is -0.508 e. The molecule has 0 saturated carbocycles. The molecule has 2 heterocycles. The predicted octanol–water partition coefficient (Wildman–Crippen LogP) is 3.68. The molecular weight excluding hydrogens is 312 g/mol. The van der Waals surface area contributed by atoms with Gasteiger partial charge in [-0.25, -0.2) is 4.79 Å². The van der Waals surface area contributed by atoms with Gasteiger partial charge in [-0.3, -0.25) is 0 Å². The second kappa shape index (κ2) is 5.33. The molecule has 0 atom stereocenters. The van der Waals surface area contributed by atoms with Gasteiger partial charge in [0.1, 0.15) is 16.3 Å². The van der Waals surface area contributed by atoms with Crippen LogP contribution < -0.4 is 5.63 Å². The lowest BCUT2D eigenvalue weighted by molar-refractivity contribution is 0.473. The molecule has 2 aromatic carbocycles. The Morgan fingerprint density at radius 2 is 1.74 bits per heavy atom. The van der Waals surface area contributed by atoms with E-state index < -0.39 is 5.63 Å². The van der Waals surface area contributed by atoms with Crippen molar-refractivity contribution in [1.29, 1.82) is 0 Å². The van der Waals surface area contributed by atoms with Crippen LogP contribution in [-0.2, 0) is 0 Å². The average molecular weight is 322 g/mol. The Morgan fingerprint density at radius 1 is 0.957 bits per heavy atom. The van der Waals surface area contributed by atoms with Gasteiger partial charge in [-0.05, 0) is 18.2 Å². The van der Waals surface area contributed by atoms with Gasteiger partial charge < -0.3 is 9.52 Å². The summed E-state index contributed by atoms with van der Waals surface area (Å²) in [5, 5.41) is 19.7. The van der Waals surface area contributed by atoms with Gasteiger partial charge >= 0.3 is 5.63 Å². The van der Waals surface area contributed by atoms with E-state index in [-0.39, 0.29) is 5.75 Å². The van der Waals surface area contributed by atoms with Crippen LogP contribution in [0.4, 0.5) is 0 Å². The molecule has 4 aromatic rings. The fourth-order valence-corrected chi connectivity index (χ4v) is 3.13. The third kappa shape index (κ3) is 2.49. The number of benzene rings is 2. The van der Waals surface area contributed by atoms with Crippen LogP contribution >= 0.6 is 11.3 Å². The standard InChI is InChI=1S/C17H10N2O3S/c20-12-7-6-11-8-13(17(21)22-14(11)9-12)16-19-18-15(23-16)10-4-2-1-3-5-10/h1-9,20H. The Morgan fingerprint density at radius 3 is 2.57 bits per heavy atom. The molecule has 1 N–H and O–H groups in total. The molecule has 5 nitrogen and oxygen atoms in total. The van der Waals surface area contributed by atoms with Crippen molar-refractivity contribution in [2.75, 3.05) is 0 Å². The monoisotopic (exact) mass is 322 g/mol. The van der Waals surface area contributed by atoms with Gasteiger partial charge in [0.2, 0.25) is 0 Å². The quantitative estimate of drug-likeness (QED) is 0.570. The summed E-state index contributed by atoms with van der Waals surface area (Å²) in [6, 6.07) is 16.0. The van der Waals surface area contributed by atoms with E-state index in [1.807, 2.05) is 30.3 Å². The summed E-state index contributed by atoms with van der Waals surface area (Å²) < 4.78 is 5.27. The van der Waals surface area contributed by atoms with Crippen LogP contribution in [0.3, 0.4) is 0 Å². The Balaban J connectivity index is 1.83. The van der Waals surface area contributed by atoms with Crippen LogP contribution in [0.25, 0.3) is 32.1 Å². The van der Waals surface area contributed by atoms with E-state index in [0.29, 0.717) is 21.5 Å². The van der Waals surface area contributed by atoms with Crippen molar-refractivity contribution in [3.63, 3.8) is 0 Å². The minimum atomic E-state index is -0.501. The summed E-state index contributed by atoms with van der Waals surface area (Å²) >= 11 is 1.33. The molecule has 0 aliphatic rings. The smallest absolute Gasteiger partial charge is 0.346 e. The highest BCUT2D eigenvalue weighted by Crippen LogP contribution is 2.30. The Hall–Kier alpha value is -2.99. The van der Waals surface area contributed by atoms with Gasteiger partial charge in [-0.15, -0.1) is 10.2 Å². The molecule has 0 radical (unpaired) electrons. The fraction of sp³-hybridized carbons (Fsp3) is 0. The molecular formula is C17H10N2O3S. The Bertz CT molecular complexity index is 1050. The third-order valence-electron chi connectivity index (χ3n) is 3.40. The fourth-order valence-electron chi connectivity index (χ4n) is 2.28. The van der Waals surface area contributed by atoms with E-state index in [1.54, 1.807) is 18.2 Å². The van der Waals surface area contributed by atoms with E-state index in [2.05, 4.69) is 10.2 Å². The number of nitrogens with zero attached hydrogens (tertiary/aromatic N) is 2. The molecule has 4 rings (SSSR count). The summed E-state index contributed by atoms with van der Waals surface area (Å²) in [5.41, 5.74) is 1.15. The summed E-state index contributed by atoms with van der Waals surface area (Å²) in [4.78, 5) is 12.2. The van der Waals surface area contributed by atoms with Crippen molar-refractivity contribution in [2.45, 2.75) is 0 Å². The molecule has 112 valence electrons. The van der Waals surface area contributed by atoms with Crippen LogP contribution in [0.1, 0.15) is 0 Å². The maximum absolute atomic E-state index is 12.2. The SMILES string of the molecule is O=c1oc2cc(O)ccc2cc1-c1nnc(-c2ccccc2)s1. The summed E-state index contributed by atoms with van der Waals surface area (Å²) in [6.45, 7) is 0. The minimum absolute atomic E-state index is 0.0516. The lowest BCUT2D eigenvalue weighted by atomic mass is 10.2. The predicted molar refractivity (Wildman–Crippen MR) is 88.5 cm³/mol. The summed E-state index contributed by atoms with van der Waals surface area (Å²) in [5.74, 6) is 0.0516. The van der Waals surface area contributed by atoms with Gasteiger partial charge in [0.05, 0.1) is 5.56 Å². The number of aromatic hydroxyl groups is 1. The first-order valence-electron chi connectivity index (χ1n) is 6.87. The molecule has 0 unspecified atom stereocenters. The van der Waals surface area contributed by atoms with Gasteiger partial charge in [0.15, 0.2) is 5.01 Å². The molecule has 0 spiro atoms. The second-order valence-electron chi connectivity index (χ2n) is 4.95. The first-order chi connectivity index (χ1) is 11.2. The van der Waals surface area contributed by atoms with Crippen LogP contribution in [0.5, 0.6) is 5.75 Å². The van der Waals surface area contributed by atoms with Gasteiger partial charge in [0.25, 0.3) is 0 Å². The summed E-state index contributed by atoms with van der Waals surface area (Å²) in [7, 11) is 0. The van der Waals surface area contributed by atoms with Crippen LogP contribution in [0.15, 0.2) is 63.8 Å². The van der Waals surface area contributed by atoms with Crippen LogP contribution in [-0.4, -0.2) is 15.3 Å². The number of aromatic nitrogens is 2. The lowest BCUT2D eigenvalue weighted by Crippen LogP contribution is -2.02. The van der Waals surface area contributed by atoms with E-state index in [4.69, 9.17) is 4.42 Å². The molecule has 0 aliphatic heterocycles. The van der Waals surface area contributed by atoms with E-state index in [1.165, 1.54) is 17.4 Å². The van der Waals surface area contributed by atoms with E-state index in [0.717, 1.165) is 10.6 Å². The molecule has 23 heavy (non-hydrogen) atoms. The van der Waals surface area contributed by atoms with Crippen molar-refractivity contribution < 1.29 is 9.52 Å². The van der Waals surface area contributed by atoms with Crippen molar-refractivity contribution in [1.82, 2.24) is 10.2 Å². The van der Waals surface area contributed by atoms with Gasteiger partial charge in [-0.1, -0.05) is 41.7 Å². The zero-order valence-electron chi connectivity index (χ0n) is 11.8. The number of fused-ring (bicyclic) bond motifs is 1. The largest absolute Gasteiger partial charge is 0.508 e. The Labute approximate surface area is 134 Å². The topological polar surface area (TPSA) is 76.2 Å². The number of hydrogen-bond acceptors (Lipinski definition) is 6.